The van der Waals surface area contributed by atoms with Gasteiger partial charge in [-0.05, 0) is 45.4 Å². The SMILES string of the molecule is C1=CC2=C(C(C3=CCC=C3)(c3ccccc3)c3ccccc3)c3ccccc3C2C=C1. The summed E-state index contributed by atoms with van der Waals surface area (Å²) in [5.41, 5.74) is 9.26. The van der Waals surface area contributed by atoms with Crippen molar-refractivity contribution in [2.24, 2.45) is 0 Å². The van der Waals surface area contributed by atoms with Crippen molar-refractivity contribution in [1.29, 1.82) is 0 Å². The Kier molecular flexibility index (Phi) is 4.25. The molecular formula is C31H24. The van der Waals surface area contributed by atoms with Crippen LogP contribution in [0.5, 0.6) is 0 Å². The third kappa shape index (κ3) is 2.61. The molecule has 3 aliphatic rings. The second-order valence-electron chi connectivity index (χ2n) is 8.42. The van der Waals surface area contributed by atoms with Crippen molar-refractivity contribution in [1.82, 2.24) is 0 Å². The molecule has 3 aromatic carbocycles. The van der Waals surface area contributed by atoms with Crippen LogP contribution in [-0.2, 0) is 5.41 Å². The molecular weight excluding hydrogens is 372 g/mol. The van der Waals surface area contributed by atoms with Crippen molar-refractivity contribution >= 4 is 5.57 Å². The predicted molar refractivity (Wildman–Crippen MR) is 130 cm³/mol. The fourth-order valence-electron chi connectivity index (χ4n) is 5.67. The van der Waals surface area contributed by atoms with Crippen LogP contribution < -0.4 is 0 Å². The maximum atomic E-state index is 2.41. The van der Waals surface area contributed by atoms with Gasteiger partial charge in [-0.2, -0.15) is 0 Å². The first-order chi connectivity index (χ1) is 15.4. The summed E-state index contributed by atoms with van der Waals surface area (Å²) in [5, 5.41) is 0. The van der Waals surface area contributed by atoms with Crippen LogP contribution in [0.15, 0.2) is 139 Å². The second kappa shape index (κ2) is 7.25. The van der Waals surface area contributed by atoms with Crippen LogP contribution in [-0.4, -0.2) is 0 Å². The Labute approximate surface area is 184 Å². The highest BCUT2D eigenvalue weighted by Gasteiger charge is 2.47. The number of hydrogen-bond donors (Lipinski definition) is 0. The number of rotatable bonds is 4. The second-order valence-corrected chi connectivity index (χ2v) is 8.42. The maximum Gasteiger partial charge on any atom is 0.0707 e. The first-order valence-corrected chi connectivity index (χ1v) is 11.1. The Bertz CT molecular complexity index is 1240. The zero-order valence-electron chi connectivity index (χ0n) is 17.4. The topological polar surface area (TPSA) is 0 Å². The normalized spacial score (nSPS) is 18.8. The van der Waals surface area contributed by atoms with Gasteiger partial charge in [-0.15, -0.1) is 0 Å². The molecule has 1 atom stereocenters. The number of allylic oxidation sites excluding steroid dienone is 10. The summed E-state index contributed by atoms with van der Waals surface area (Å²) in [6.07, 6.45) is 17.1. The average Bonchev–Trinajstić information content (AvgIpc) is 3.49. The third-order valence-electron chi connectivity index (χ3n) is 6.87. The molecule has 148 valence electrons. The smallest absolute Gasteiger partial charge is 0.0707 e. The molecule has 0 spiro atoms. The largest absolute Gasteiger partial charge is 0.0804 e. The van der Waals surface area contributed by atoms with E-state index >= 15 is 0 Å². The van der Waals surface area contributed by atoms with E-state index in [2.05, 4.69) is 127 Å². The van der Waals surface area contributed by atoms with Crippen molar-refractivity contribution in [2.45, 2.75) is 17.8 Å². The fraction of sp³-hybridized carbons (Fsp3) is 0.0968. The molecule has 3 aliphatic carbocycles. The summed E-state index contributed by atoms with van der Waals surface area (Å²) in [4.78, 5) is 0. The lowest BCUT2D eigenvalue weighted by atomic mass is 9.62. The zero-order chi connectivity index (χ0) is 20.7. The van der Waals surface area contributed by atoms with E-state index in [9.17, 15) is 0 Å². The molecule has 0 heteroatoms. The van der Waals surface area contributed by atoms with Gasteiger partial charge in [0, 0.05) is 5.92 Å². The highest BCUT2D eigenvalue weighted by Crippen LogP contribution is 2.58. The van der Waals surface area contributed by atoms with Gasteiger partial charge in [0.2, 0.25) is 0 Å². The van der Waals surface area contributed by atoms with Crippen LogP contribution >= 0.6 is 0 Å². The molecule has 6 rings (SSSR count). The lowest BCUT2D eigenvalue weighted by molar-refractivity contribution is 0.798. The first kappa shape index (κ1) is 18.2. The quantitative estimate of drug-likeness (QED) is 0.427. The summed E-state index contributed by atoms with van der Waals surface area (Å²) >= 11 is 0. The first-order valence-electron chi connectivity index (χ1n) is 11.1. The van der Waals surface area contributed by atoms with Crippen LogP contribution in [0.4, 0.5) is 0 Å². The average molecular weight is 397 g/mol. The molecule has 0 aromatic heterocycles. The van der Waals surface area contributed by atoms with Crippen LogP contribution in [0.25, 0.3) is 5.57 Å². The lowest BCUT2D eigenvalue weighted by Crippen LogP contribution is -2.31. The molecule has 0 aliphatic heterocycles. The molecule has 0 saturated heterocycles. The van der Waals surface area contributed by atoms with Gasteiger partial charge < -0.3 is 0 Å². The minimum absolute atomic E-state index is 0.314. The van der Waals surface area contributed by atoms with Crippen LogP contribution in [0.2, 0.25) is 0 Å². The highest BCUT2D eigenvalue weighted by molar-refractivity contribution is 5.93. The molecule has 0 nitrogen and oxygen atoms in total. The zero-order valence-corrected chi connectivity index (χ0v) is 17.4. The predicted octanol–water partition coefficient (Wildman–Crippen LogP) is 7.54. The van der Waals surface area contributed by atoms with Crippen molar-refractivity contribution in [3.63, 3.8) is 0 Å². The molecule has 0 N–H and O–H groups in total. The Hall–Kier alpha value is -3.64. The highest BCUT2D eigenvalue weighted by atomic mass is 14.5. The van der Waals surface area contributed by atoms with E-state index in [0.717, 1.165) is 6.42 Å². The number of hydrogen-bond acceptors (Lipinski definition) is 0. The van der Waals surface area contributed by atoms with E-state index in [-0.39, 0.29) is 5.41 Å². The van der Waals surface area contributed by atoms with E-state index in [4.69, 9.17) is 0 Å². The van der Waals surface area contributed by atoms with Gasteiger partial charge in [0.25, 0.3) is 0 Å². The van der Waals surface area contributed by atoms with Crippen LogP contribution in [0.1, 0.15) is 34.6 Å². The molecule has 0 radical (unpaired) electrons. The van der Waals surface area contributed by atoms with E-state index < -0.39 is 0 Å². The van der Waals surface area contributed by atoms with Gasteiger partial charge in [0.1, 0.15) is 0 Å². The summed E-state index contributed by atoms with van der Waals surface area (Å²) in [7, 11) is 0. The van der Waals surface area contributed by atoms with E-state index in [1.807, 2.05) is 0 Å². The van der Waals surface area contributed by atoms with E-state index in [0.29, 0.717) is 5.92 Å². The monoisotopic (exact) mass is 396 g/mol. The van der Waals surface area contributed by atoms with Gasteiger partial charge in [0.15, 0.2) is 0 Å². The molecule has 1 unspecified atom stereocenters. The van der Waals surface area contributed by atoms with Gasteiger partial charge in [0.05, 0.1) is 5.41 Å². The Morgan fingerprint density at radius 2 is 1.35 bits per heavy atom. The number of benzene rings is 3. The minimum atomic E-state index is -0.356. The number of fused-ring (bicyclic) bond motifs is 3. The Morgan fingerprint density at radius 3 is 2.03 bits per heavy atom. The molecule has 3 aromatic rings. The standard InChI is InChI=1S/C31H24/c1-3-13-23(14-4-1)31(25-17-7-8-18-25,24-15-5-2-6-16-24)30-28-21-11-9-19-26(28)27-20-10-12-22-29(27)30/h1-7,9-22,26H,8H2. The van der Waals surface area contributed by atoms with Crippen LogP contribution in [0.3, 0.4) is 0 Å². The molecule has 31 heavy (non-hydrogen) atoms. The minimum Gasteiger partial charge on any atom is -0.0804 e. The molecule has 0 saturated carbocycles. The van der Waals surface area contributed by atoms with Crippen molar-refractivity contribution in [2.75, 3.05) is 0 Å². The van der Waals surface area contributed by atoms with Crippen molar-refractivity contribution in [3.05, 3.63) is 161 Å². The lowest BCUT2D eigenvalue weighted by Gasteiger charge is -2.39. The molecule has 0 bridgehead atoms. The summed E-state index contributed by atoms with van der Waals surface area (Å²) in [5.74, 6) is 0.314. The van der Waals surface area contributed by atoms with Crippen molar-refractivity contribution < 1.29 is 0 Å². The summed E-state index contributed by atoms with van der Waals surface area (Å²) in [6.45, 7) is 0. The third-order valence-corrected chi connectivity index (χ3v) is 6.87. The molecule has 0 fully saturated rings. The Morgan fingerprint density at radius 1 is 0.677 bits per heavy atom. The van der Waals surface area contributed by atoms with Gasteiger partial charge in [-0.3, -0.25) is 0 Å². The van der Waals surface area contributed by atoms with E-state index in [1.165, 1.54) is 39.0 Å². The van der Waals surface area contributed by atoms with Gasteiger partial charge in [-0.1, -0.05) is 127 Å². The summed E-state index contributed by atoms with van der Waals surface area (Å²) < 4.78 is 0. The Balaban J connectivity index is 1.78. The van der Waals surface area contributed by atoms with Crippen LogP contribution in [0, 0.1) is 0 Å². The molecule has 0 heterocycles. The van der Waals surface area contributed by atoms with Crippen molar-refractivity contribution in [3.8, 4) is 0 Å². The maximum absolute atomic E-state index is 2.41. The summed E-state index contributed by atoms with van der Waals surface area (Å²) in [6, 6.07) is 31.1. The van der Waals surface area contributed by atoms with Gasteiger partial charge in [-0.25, -0.2) is 0 Å². The van der Waals surface area contributed by atoms with Gasteiger partial charge >= 0.3 is 0 Å². The fourth-order valence-corrected chi connectivity index (χ4v) is 5.67. The van der Waals surface area contributed by atoms with E-state index in [1.54, 1.807) is 0 Å². The molecule has 0 amide bonds.